The number of aryl methyl sites for hydroxylation is 1. The quantitative estimate of drug-likeness (QED) is 0.739. The fraction of sp³-hybridized carbons (Fsp3) is 0.333. The van der Waals surface area contributed by atoms with Crippen LogP contribution in [0.1, 0.15) is 29.7 Å². The number of rotatable bonds is 4. The number of nitrogens with one attached hydrogen (secondary N) is 2. The summed E-state index contributed by atoms with van der Waals surface area (Å²) in [5.74, 6) is 1.35. The molecule has 2 aromatic rings. The summed E-state index contributed by atoms with van der Waals surface area (Å²) in [5.41, 5.74) is 4.09. The van der Waals surface area contributed by atoms with E-state index < -0.39 is 0 Å². The molecule has 0 unspecified atom stereocenters. The van der Waals surface area contributed by atoms with Gasteiger partial charge >= 0.3 is 5.97 Å². The Balaban J connectivity index is 1.92. The molecule has 0 aliphatic carbocycles. The molecule has 0 spiro atoms. The number of benzene rings is 1. The Kier molecular flexibility index (Phi) is 4.14. The minimum Gasteiger partial charge on any atom is -0.493 e. The smallest absolute Gasteiger partial charge is 0.337 e. The molecule has 0 saturated heterocycles. The van der Waals surface area contributed by atoms with E-state index in [9.17, 15) is 4.79 Å². The maximum atomic E-state index is 12.4. The summed E-state index contributed by atoms with van der Waals surface area (Å²) in [6.07, 6.45) is 0. The monoisotopic (exact) mass is 419 g/mol. The maximum absolute atomic E-state index is 12.4. The van der Waals surface area contributed by atoms with Gasteiger partial charge in [0.2, 0.25) is 0 Å². The van der Waals surface area contributed by atoms with Crippen LogP contribution < -0.4 is 14.8 Å². The summed E-state index contributed by atoms with van der Waals surface area (Å²) in [6.45, 7) is 4.60. The number of esters is 1. The largest absolute Gasteiger partial charge is 0.493 e. The predicted molar refractivity (Wildman–Crippen MR) is 98.6 cm³/mol. The highest BCUT2D eigenvalue weighted by molar-refractivity contribution is 9.10. The van der Waals surface area contributed by atoms with E-state index in [0.29, 0.717) is 29.5 Å². The Morgan fingerprint density at radius 3 is 2.96 bits per heavy atom. The molecule has 136 valence electrons. The molecule has 3 heterocycles. The van der Waals surface area contributed by atoms with Crippen molar-refractivity contribution in [3.63, 3.8) is 0 Å². The van der Waals surface area contributed by atoms with Crippen molar-refractivity contribution in [3.05, 3.63) is 44.7 Å². The Bertz CT molecular complexity index is 935. The van der Waals surface area contributed by atoms with E-state index in [1.54, 1.807) is 7.11 Å². The van der Waals surface area contributed by atoms with Gasteiger partial charge in [-0.05, 0) is 47.5 Å². The highest BCUT2D eigenvalue weighted by Gasteiger charge is 2.41. The zero-order chi connectivity index (χ0) is 18.4. The van der Waals surface area contributed by atoms with Crippen LogP contribution >= 0.6 is 15.9 Å². The third-order valence-corrected chi connectivity index (χ3v) is 5.20. The number of aromatic nitrogens is 2. The van der Waals surface area contributed by atoms with Gasteiger partial charge < -0.3 is 19.5 Å². The second-order valence-corrected chi connectivity index (χ2v) is 6.96. The molecule has 1 atom stereocenters. The van der Waals surface area contributed by atoms with Crippen molar-refractivity contribution < 1.29 is 19.0 Å². The van der Waals surface area contributed by atoms with Crippen molar-refractivity contribution in [3.8, 4) is 11.5 Å². The van der Waals surface area contributed by atoms with Gasteiger partial charge in [0, 0.05) is 17.2 Å². The van der Waals surface area contributed by atoms with Crippen LogP contribution in [-0.2, 0) is 9.53 Å². The number of hydrogen-bond acceptors (Lipinski definition) is 6. The van der Waals surface area contributed by atoms with Crippen molar-refractivity contribution in [2.24, 2.45) is 0 Å². The van der Waals surface area contributed by atoms with Gasteiger partial charge in [0.05, 0.1) is 29.5 Å². The highest BCUT2D eigenvalue weighted by atomic mass is 79.9. The summed E-state index contributed by atoms with van der Waals surface area (Å²) in [5, 5.41) is 10.5. The molecule has 2 N–H and O–H groups in total. The van der Waals surface area contributed by atoms with E-state index in [1.165, 1.54) is 0 Å². The highest BCUT2D eigenvalue weighted by Crippen LogP contribution is 2.48. The van der Waals surface area contributed by atoms with Crippen LogP contribution in [0.2, 0.25) is 0 Å². The minimum absolute atomic E-state index is 0.228. The Labute approximate surface area is 158 Å². The zero-order valence-electron chi connectivity index (χ0n) is 14.6. The van der Waals surface area contributed by atoms with Crippen LogP contribution in [0.25, 0.3) is 0 Å². The van der Waals surface area contributed by atoms with E-state index >= 15 is 0 Å². The molecule has 2 aliphatic heterocycles. The minimum atomic E-state index is -0.312. The van der Waals surface area contributed by atoms with Gasteiger partial charge in [0.1, 0.15) is 6.61 Å². The van der Waals surface area contributed by atoms with Crippen molar-refractivity contribution in [2.45, 2.75) is 19.8 Å². The molecule has 4 rings (SSSR count). The number of cyclic esters (lactones) is 1. The van der Waals surface area contributed by atoms with E-state index in [1.807, 2.05) is 26.0 Å². The Morgan fingerprint density at radius 2 is 2.23 bits per heavy atom. The Hall–Kier alpha value is -2.48. The average Bonchev–Trinajstić information content (AvgIpc) is 3.18. The first kappa shape index (κ1) is 17.0. The summed E-state index contributed by atoms with van der Waals surface area (Å²) in [6, 6.07) is 3.86. The first-order valence-electron chi connectivity index (χ1n) is 8.27. The normalized spacial score (nSPS) is 18.2. The molecular weight excluding hydrogens is 402 g/mol. The van der Waals surface area contributed by atoms with Crippen molar-refractivity contribution >= 4 is 27.7 Å². The number of fused-ring (bicyclic) bond motifs is 1. The number of carbonyl (C=O) groups excluding carboxylic acids is 1. The van der Waals surface area contributed by atoms with Crippen molar-refractivity contribution in [2.75, 3.05) is 25.6 Å². The summed E-state index contributed by atoms with van der Waals surface area (Å²) in [4.78, 5) is 12.4. The molecule has 1 aromatic carbocycles. The third-order valence-electron chi connectivity index (χ3n) is 4.61. The van der Waals surface area contributed by atoms with E-state index in [-0.39, 0.29) is 18.5 Å². The van der Waals surface area contributed by atoms with E-state index in [4.69, 9.17) is 14.2 Å². The molecular formula is C18H18BrN3O4. The second-order valence-electron chi connectivity index (χ2n) is 6.10. The number of carbonyl (C=O) groups is 1. The van der Waals surface area contributed by atoms with Crippen LogP contribution in [0.15, 0.2) is 27.9 Å². The number of hydrogen-bond donors (Lipinski definition) is 2. The molecule has 8 heteroatoms. The number of H-pyrrole nitrogens is 1. The number of nitrogens with zero attached hydrogens (tertiary/aromatic N) is 1. The molecule has 0 saturated carbocycles. The fourth-order valence-electron chi connectivity index (χ4n) is 3.51. The molecule has 2 aliphatic rings. The van der Waals surface area contributed by atoms with Crippen molar-refractivity contribution in [1.82, 2.24) is 10.2 Å². The van der Waals surface area contributed by atoms with Gasteiger partial charge in [-0.25, -0.2) is 4.79 Å². The van der Waals surface area contributed by atoms with Crippen LogP contribution in [0.4, 0.5) is 5.82 Å². The van der Waals surface area contributed by atoms with Crippen LogP contribution in [-0.4, -0.2) is 36.5 Å². The number of methoxy groups -OCH3 is 1. The first-order valence-corrected chi connectivity index (χ1v) is 9.06. The predicted octanol–water partition coefficient (Wildman–Crippen LogP) is 3.26. The van der Waals surface area contributed by atoms with Gasteiger partial charge in [-0.3, -0.25) is 5.10 Å². The molecule has 0 amide bonds. The van der Waals surface area contributed by atoms with Crippen LogP contribution in [0.5, 0.6) is 11.5 Å². The second kappa shape index (κ2) is 6.35. The van der Waals surface area contributed by atoms with Gasteiger partial charge in [0.25, 0.3) is 0 Å². The lowest BCUT2D eigenvalue weighted by atomic mass is 9.82. The molecule has 26 heavy (non-hydrogen) atoms. The molecule has 1 aromatic heterocycles. The zero-order valence-corrected chi connectivity index (χ0v) is 16.2. The molecule has 0 fully saturated rings. The molecule has 0 bridgehead atoms. The molecule has 7 nitrogen and oxygen atoms in total. The maximum Gasteiger partial charge on any atom is 0.337 e. The third kappa shape index (κ3) is 2.47. The Morgan fingerprint density at radius 1 is 1.42 bits per heavy atom. The molecule has 0 radical (unpaired) electrons. The number of aromatic amines is 1. The lowest BCUT2D eigenvalue weighted by Gasteiger charge is -2.25. The van der Waals surface area contributed by atoms with Crippen molar-refractivity contribution in [1.29, 1.82) is 0 Å². The lowest BCUT2D eigenvalue weighted by molar-refractivity contribution is -0.136. The van der Waals surface area contributed by atoms with Gasteiger partial charge in [-0.15, -0.1) is 0 Å². The number of ether oxygens (including phenoxy) is 3. The summed E-state index contributed by atoms with van der Waals surface area (Å²) >= 11 is 3.57. The number of anilines is 1. The number of halogens is 1. The van der Waals surface area contributed by atoms with Gasteiger partial charge in [0.15, 0.2) is 17.3 Å². The van der Waals surface area contributed by atoms with Gasteiger partial charge in [-0.1, -0.05) is 0 Å². The SMILES string of the molecule is CCOc1c(Br)cc([C@H]2C3=C(COC3=O)Nc3n[nH]c(C)c32)cc1OC. The summed E-state index contributed by atoms with van der Waals surface area (Å²) < 4.78 is 17.2. The average molecular weight is 420 g/mol. The van der Waals surface area contributed by atoms with E-state index in [2.05, 4.69) is 31.4 Å². The first-order chi connectivity index (χ1) is 12.5. The van der Waals surface area contributed by atoms with Crippen LogP contribution in [0.3, 0.4) is 0 Å². The van der Waals surface area contributed by atoms with Crippen LogP contribution in [0, 0.1) is 6.92 Å². The fourth-order valence-corrected chi connectivity index (χ4v) is 4.08. The summed E-state index contributed by atoms with van der Waals surface area (Å²) in [7, 11) is 1.60. The standard InChI is InChI=1S/C18H18BrN3O4/c1-4-25-16-10(19)5-9(6-12(16)24-3)14-13-8(2)21-22-17(13)20-11-7-26-18(23)15(11)14/h5-6,14H,4,7H2,1-3H3,(H2,20,21,22)/t14-/m1/s1. The topological polar surface area (TPSA) is 85.5 Å². The van der Waals surface area contributed by atoms with E-state index in [0.717, 1.165) is 27.0 Å². The van der Waals surface area contributed by atoms with Gasteiger partial charge in [-0.2, -0.15) is 5.10 Å². The lowest BCUT2D eigenvalue weighted by Crippen LogP contribution is -2.20.